The van der Waals surface area contributed by atoms with Gasteiger partial charge in [-0.2, -0.15) is 4.31 Å². The van der Waals surface area contributed by atoms with E-state index in [0.29, 0.717) is 31.1 Å². The van der Waals surface area contributed by atoms with Crippen molar-refractivity contribution < 1.29 is 13.2 Å². The number of rotatable bonds is 6. The minimum absolute atomic E-state index is 0.0329. The third kappa shape index (κ3) is 3.77. The van der Waals surface area contributed by atoms with E-state index < -0.39 is 10.0 Å². The summed E-state index contributed by atoms with van der Waals surface area (Å²) in [5, 5.41) is 0. The molecule has 31 heavy (non-hydrogen) atoms. The summed E-state index contributed by atoms with van der Waals surface area (Å²) >= 11 is 0. The first-order valence-electron chi connectivity index (χ1n) is 10.6. The molecule has 8 heteroatoms. The molecule has 3 aromatic rings. The summed E-state index contributed by atoms with van der Waals surface area (Å²) in [5.74, 6) is 0.942. The first-order chi connectivity index (χ1) is 14.8. The number of methoxy groups -OCH3 is 1. The van der Waals surface area contributed by atoms with Crippen LogP contribution in [-0.4, -0.2) is 54.1 Å². The standard InChI is InChI=1S/C23H30N4O3S/c1-15-12-16(2)18(4)22(17(15)3)31(28,29)26-9-7-19(14-26)23-25-20-6-8-24-13-21(20)27(23)10-11-30-5/h6,8,12-13,19H,7,9-11,14H2,1-5H3. The van der Waals surface area contributed by atoms with Crippen LogP contribution in [0.1, 0.15) is 40.4 Å². The van der Waals surface area contributed by atoms with E-state index >= 15 is 0 Å². The van der Waals surface area contributed by atoms with Crippen LogP contribution in [0.2, 0.25) is 0 Å². The number of imidazole rings is 1. The molecule has 0 bridgehead atoms. The lowest BCUT2D eigenvalue weighted by atomic mass is 10.0. The summed E-state index contributed by atoms with van der Waals surface area (Å²) < 4.78 is 36.4. The average Bonchev–Trinajstić information content (AvgIpc) is 3.36. The molecule has 166 valence electrons. The summed E-state index contributed by atoms with van der Waals surface area (Å²) in [6.45, 7) is 9.89. The van der Waals surface area contributed by atoms with Gasteiger partial charge in [0.25, 0.3) is 0 Å². The summed E-state index contributed by atoms with van der Waals surface area (Å²) in [4.78, 5) is 9.55. The quantitative estimate of drug-likeness (QED) is 0.584. The van der Waals surface area contributed by atoms with Crippen molar-refractivity contribution in [2.24, 2.45) is 0 Å². The zero-order valence-corrected chi connectivity index (χ0v) is 19.7. The molecule has 1 atom stereocenters. The second-order valence-corrected chi connectivity index (χ2v) is 10.3. The Morgan fingerprint density at radius 3 is 2.55 bits per heavy atom. The van der Waals surface area contributed by atoms with Gasteiger partial charge < -0.3 is 9.30 Å². The summed E-state index contributed by atoms with van der Waals surface area (Å²) in [6.07, 6.45) is 4.29. The van der Waals surface area contributed by atoms with E-state index in [0.717, 1.165) is 45.5 Å². The van der Waals surface area contributed by atoms with Gasteiger partial charge in [0.2, 0.25) is 10.0 Å². The van der Waals surface area contributed by atoms with Crippen molar-refractivity contribution >= 4 is 21.1 Å². The maximum Gasteiger partial charge on any atom is 0.243 e. The Hall–Kier alpha value is -2.29. The fourth-order valence-electron chi connectivity index (χ4n) is 4.57. The molecule has 1 unspecified atom stereocenters. The highest BCUT2D eigenvalue weighted by Crippen LogP contribution is 2.35. The normalized spacial score (nSPS) is 17.6. The summed E-state index contributed by atoms with van der Waals surface area (Å²) in [7, 11) is -1.91. The average molecular weight is 443 g/mol. The Morgan fingerprint density at radius 2 is 1.87 bits per heavy atom. The third-order valence-electron chi connectivity index (χ3n) is 6.51. The van der Waals surface area contributed by atoms with E-state index in [-0.39, 0.29) is 5.92 Å². The molecule has 1 fully saturated rings. The minimum atomic E-state index is -3.59. The minimum Gasteiger partial charge on any atom is -0.383 e. The molecule has 0 radical (unpaired) electrons. The summed E-state index contributed by atoms with van der Waals surface area (Å²) in [6, 6.07) is 3.95. The van der Waals surface area contributed by atoms with Crippen molar-refractivity contribution in [3.63, 3.8) is 0 Å². The number of sulfonamides is 1. The molecule has 2 aromatic heterocycles. The molecule has 1 saturated heterocycles. The predicted molar refractivity (Wildman–Crippen MR) is 121 cm³/mol. The number of ether oxygens (including phenoxy) is 1. The first kappa shape index (κ1) is 21.9. The number of hydrogen-bond acceptors (Lipinski definition) is 5. The Morgan fingerprint density at radius 1 is 1.16 bits per heavy atom. The molecule has 0 amide bonds. The lowest BCUT2D eigenvalue weighted by Crippen LogP contribution is -2.30. The van der Waals surface area contributed by atoms with Crippen molar-refractivity contribution in [1.29, 1.82) is 0 Å². The number of benzene rings is 1. The van der Waals surface area contributed by atoms with Crippen LogP contribution in [0.4, 0.5) is 0 Å². The van der Waals surface area contributed by atoms with Crippen LogP contribution in [-0.2, 0) is 21.3 Å². The molecule has 0 saturated carbocycles. The molecule has 1 aromatic carbocycles. The predicted octanol–water partition coefficient (Wildman–Crippen LogP) is 3.49. The molecule has 0 N–H and O–H groups in total. The molecule has 0 spiro atoms. The van der Waals surface area contributed by atoms with Gasteiger partial charge in [0.05, 0.1) is 28.7 Å². The maximum absolute atomic E-state index is 13.7. The molecular formula is C23H30N4O3S. The number of pyridine rings is 1. The molecule has 1 aliphatic rings. The zero-order valence-electron chi connectivity index (χ0n) is 18.8. The van der Waals surface area contributed by atoms with Gasteiger partial charge in [-0.05, 0) is 62.4 Å². The van der Waals surface area contributed by atoms with Gasteiger partial charge in [-0.15, -0.1) is 0 Å². The van der Waals surface area contributed by atoms with Gasteiger partial charge in [0.15, 0.2) is 0 Å². The maximum atomic E-state index is 13.7. The smallest absolute Gasteiger partial charge is 0.243 e. The van der Waals surface area contributed by atoms with E-state index in [4.69, 9.17) is 9.72 Å². The Labute approximate surface area is 184 Å². The molecule has 7 nitrogen and oxygen atoms in total. The highest BCUT2D eigenvalue weighted by molar-refractivity contribution is 7.89. The number of aromatic nitrogens is 3. The first-order valence-corrected chi connectivity index (χ1v) is 12.1. The van der Waals surface area contributed by atoms with Gasteiger partial charge in [-0.25, -0.2) is 13.4 Å². The Balaban J connectivity index is 1.69. The number of hydrogen-bond donors (Lipinski definition) is 0. The lowest BCUT2D eigenvalue weighted by Gasteiger charge is -2.22. The SMILES string of the molecule is COCCn1c(C2CCN(S(=O)(=O)c3c(C)c(C)cc(C)c3C)C2)nc2ccncc21. The van der Waals surface area contributed by atoms with Crippen molar-refractivity contribution in [3.8, 4) is 0 Å². The van der Waals surface area contributed by atoms with Crippen LogP contribution in [0.15, 0.2) is 29.4 Å². The van der Waals surface area contributed by atoms with Crippen molar-refractivity contribution in [1.82, 2.24) is 18.8 Å². The fraction of sp³-hybridized carbons (Fsp3) is 0.478. The van der Waals surface area contributed by atoms with E-state index in [1.165, 1.54) is 0 Å². The van der Waals surface area contributed by atoms with Gasteiger partial charge >= 0.3 is 0 Å². The van der Waals surface area contributed by atoms with Crippen molar-refractivity contribution in [2.75, 3.05) is 26.8 Å². The fourth-order valence-corrected chi connectivity index (χ4v) is 6.65. The number of nitrogens with zero attached hydrogens (tertiary/aromatic N) is 4. The van der Waals surface area contributed by atoms with Gasteiger partial charge in [-0.3, -0.25) is 4.98 Å². The van der Waals surface area contributed by atoms with Crippen LogP contribution >= 0.6 is 0 Å². The molecule has 1 aliphatic heterocycles. The zero-order chi connectivity index (χ0) is 22.3. The molecular weight excluding hydrogens is 412 g/mol. The molecule has 3 heterocycles. The Bertz CT molecular complexity index is 1210. The monoisotopic (exact) mass is 442 g/mol. The van der Waals surface area contributed by atoms with Gasteiger partial charge in [0.1, 0.15) is 5.82 Å². The molecule has 0 aliphatic carbocycles. The van der Waals surface area contributed by atoms with Gasteiger partial charge in [-0.1, -0.05) is 6.07 Å². The highest BCUT2D eigenvalue weighted by Gasteiger charge is 2.37. The van der Waals surface area contributed by atoms with Crippen LogP contribution in [0, 0.1) is 27.7 Å². The summed E-state index contributed by atoms with van der Waals surface area (Å²) in [5.41, 5.74) is 5.52. The van der Waals surface area contributed by atoms with Gasteiger partial charge in [0, 0.05) is 38.9 Å². The van der Waals surface area contributed by atoms with Crippen LogP contribution < -0.4 is 0 Å². The topological polar surface area (TPSA) is 77.3 Å². The second-order valence-electron chi connectivity index (χ2n) is 8.42. The lowest BCUT2D eigenvalue weighted by molar-refractivity contribution is 0.187. The highest BCUT2D eigenvalue weighted by atomic mass is 32.2. The van der Waals surface area contributed by atoms with Crippen LogP contribution in [0.5, 0.6) is 0 Å². The second kappa shape index (κ2) is 8.33. The van der Waals surface area contributed by atoms with Crippen molar-refractivity contribution in [3.05, 3.63) is 52.6 Å². The largest absolute Gasteiger partial charge is 0.383 e. The van der Waals surface area contributed by atoms with Crippen molar-refractivity contribution in [2.45, 2.75) is 51.5 Å². The van der Waals surface area contributed by atoms with E-state index in [2.05, 4.69) is 15.6 Å². The van der Waals surface area contributed by atoms with Crippen LogP contribution in [0.3, 0.4) is 0 Å². The van der Waals surface area contributed by atoms with E-state index in [1.807, 2.05) is 40.0 Å². The molecule has 4 rings (SSSR count). The third-order valence-corrected chi connectivity index (χ3v) is 8.65. The number of fused-ring (bicyclic) bond motifs is 1. The van der Waals surface area contributed by atoms with Crippen LogP contribution in [0.25, 0.3) is 11.0 Å². The number of aryl methyl sites for hydroxylation is 2. The van der Waals surface area contributed by atoms with E-state index in [1.54, 1.807) is 17.6 Å². The Kier molecular flexibility index (Phi) is 5.89. The van der Waals surface area contributed by atoms with E-state index in [9.17, 15) is 8.42 Å².